The van der Waals surface area contributed by atoms with Gasteiger partial charge in [0.25, 0.3) is 0 Å². The van der Waals surface area contributed by atoms with Crippen molar-refractivity contribution in [3.63, 3.8) is 0 Å². The molecule has 1 aromatic rings. The molecule has 19 heavy (non-hydrogen) atoms. The third kappa shape index (κ3) is 3.39. The molecule has 2 heterocycles. The maximum absolute atomic E-state index is 10.7. The highest BCUT2D eigenvalue weighted by Gasteiger charge is 2.26. The number of aromatic carboxylic acids is 1. The van der Waals surface area contributed by atoms with Crippen LogP contribution in [0.3, 0.4) is 0 Å². The van der Waals surface area contributed by atoms with Gasteiger partial charge < -0.3 is 19.5 Å². The lowest BCUT2D eigenvalue weighted by atomic mass is 10.2. The minimum absolute atomic E-state index is 0.0188. The molecule has 0 aromatic carbocycles. The van der Waals surface area contributed by atoms with Gasteiger partial charge in [-0.2, -0.15) is 0 Å². The molecule has 0 saturated carbocycles. The van der Waals surface area contributed by atoms with Crippen LogP contribution in [0.4, 0.5) is 5.82 Å². The van der Waals surface area contributed by atoms with Gasteiger partial charge in [-0.05, 0) is 6.92 Å². The maximum atomic E-state index is 10.7. The molecule has 1 fully saturated rings. The molecule has 1 aromatic heterocycles. The fourth-order valence-electron chi connectivity index (χ4n) is 2.11. The Labute approximate surface area is 111 Å². The van der Waals surface area contributed by atoms with Gasteiger partial charge in [-0.25, -0.2) is 14.8 Å². The number of ether oxygens (including phenoxy) is 2. The molecule has 0 bridgehead atoms. The van der Waals surface area contributed by atoms with Crippen LogP contribution in [0.5, 0.6) is 0 Å². The number of rotatable bonds is 4. The van der Waals surface area contributed by atoms with Gasteiger partial charge in [-0.1, -0.05) is 0 Å². The predicted molar refractivity (Wildman–Crippen MR) is 67.4 cm³/mol. The molecule has 1 aliphatic rings. The van der Waals surface area contributed by atoms with Gasteiger partial charge in [0.1, 0.15) is 5.82 Å². The summed E-state index contributed by atoms with van der Waals surface area (Å²) in [6.45, 7) is 3.84. The van der Waals surface area contributed by atoms with Gasteiger partial charge >= 0.3 is 5.97 Å². The summed E-state index contributed by atoms with van der Waals surface area (Å²) in [7, 11) is 1.63. The molecule has 2 unspecified atom stereocenters. The monoisotopic (exact) mass is 267 g/mol. The lowest BCUT2D eigenvalue weighted by Gasteiger charge is -2.37. The first-order valence-electron chi connectivity index (χ1n) is 6.05. The standard InChI is InChI=1S/C12H17N3O4/c1-8-5-15(6-9(19-8)7-18-2)11-4-13-10(3-14-11)12(16)17/h3-4,8-9H,5-7H2,1-2H3,(H,16,17). The Kier molecular flexibility index (Phi) is 4.28. The Morgan fingerprint density at radius 3 is 2.89 bits per heavy atom. The van der Waals surface area contributed by atoms with Crippen molar-refractivity contribution < 1.29 is 19.4 Å². The molecule has 0 radical (unpaired) electrons. The molecule has 104 valence electrons. The first kappa shape index (κ1) is 13.7. The van der Waals surface area contributed by atoms with Crippen LogP contribution in [0.1, 0.15) is 17.4 Å². The third-order valence-electron chi connectivity index (χ3n) is 2.86. The van der Waals surface area contributed by atoms with E-state index < -0.39 is 5.97 Å². The number of morpholine rings is 1. The summed E-state index contributed by atoms with van der Waals surface area (Å²) in [5.41, 5.74) is -0.0569. The third-order valence-corrected chi connectivity index (χ3v) is 2.86. The zero-order valence-corrected chi connectivity index (χ0v) is 10.9. The molecular weight excluding hydrogens is 250 g/mol. The Morgan fingerprint density at radius 1 is 1.53 bits per heavy atom. The van der Waals surface area contributed by atoms with Crippen molar-refractivity contribution in [2.75, 3.05) is 31.7 Å². The predicted octanol–water partition coefficient (Wildman–Crippen LogP) is 0.415. The SMILES string of the molecule is COCC1CN(c2cnc(C(=O)O)cn2)CC(C)O1. The topological polar surface area (TPSA) is 84.8 Å². The van der Waals surface area contributed by atoms with Crippen molar-refractivity contribution in [2.45, 2.75) is 19.1 Å². The summed E-state index contributed by atoms with van der Waals surface area (Å²) in [6.07, 6.45) is 2.79. The highest BCUT2D eigenvalue weighted by atomic mass is 16.5. The van der Waals surface area contributed by atoms with Crippen molar-refractivity contribution in [2.24, 2.45) is 0 Å². The molecule has 7 heteroatoms. The van der Waals surface area contributed by atoms with Crippen molar-refractivity contribution >= 4 is 11.8 Å². The first-order chi connectivity index (χ1) is 9.10. The van der Waals surface area contributed by atoms with E-state index >= 15 is 0 Å². The van der Waals surface area contributed by atoms with Crippen LogP contribution < -0.4 is 4.90 Å². The summed E-state index contributed by atoms with van der Waals surface area (Å²) in [6, 6.07) is 0. The number of carboxylic acid groups (broad SMARTS) is 1. The van der Waals surface area contributed by atoms with Crippen LogP contribution in [-0.4, -0.2) is 60.1 Å². The minimum Gasteiger partial charge on any atom is -0.476 e. The van der Waals surface area contributed by atoms with E-state index in [1.54, 1.807) is 7.11 Å². The van der Waals surface area contributed by atoms with Crippen LogP contribution in [0.15, 0.2) is 12.4 Å². The molecule has 0 aliphatic carbocycles. The van der Waals surface area contributed by atoms with E-state index in [9.17, 15) is 4.79 Å². The number of carbonyl (C=O) groups is 1. The first-order valence-corrected chi connectivity index (χ1v) is 6.05. The van der Waals surface area contributed by atoms with Gasteiger partial charge in [0.15, 0.2) is 5.69 Å². The number of methoxy groups -OCH3 is 1. The molecular formula is C12H17N3O4. The summed E-state index contributed by atoms with van der Waals surface area (Å²) in [5, 5.41) is 8.79. The largest absolute Gasteiger partial charge is 0.476 e. The minimum atomic E-state index is -1.08. The highest BCUT2D eigenvalue weighted by Crippen LogP contribution is 2.17. The van der Waals surface area contributed by atoms with Crippen LogP contribution in [-0.2, 0) is 9.47 Å². The van der Waals surface area contributed by atoms with E-state index in [0.29, 0.717) is 25.5 Å². The van der Waals surface area contributed by atoms with E-state index in [0.717, 1.165) is 0 Å². The van der Waals surface area contributed by atoms with Gasteiger partial charge in [0.2, 0.25) is 0 Å². The second-order valence-corrected chi connectivity index (χ2v) is 4.49. The molecule has 1 aliphatic heterocycles. The zero-order valence-electron chi connectivity index (χ0n) is 10.9. The van der Waals surface area contributed by atoms with Gasteiger partial charge in [-0.15, -0.1) is 0 Å². The summed E-state index contributed by atoms with van der Waals surface area (Å²) in [5.74, 6) is -0.423. The van der Waals surface area contributed by atoms with Crippen LogP contribution in [0, 0.1) is 0 Å². The Balaban J connectivity index is 2.09. The smallest absolute Gasteiger partial charge is 0.356 e. The number of hydrogen-bond acceptors (Lipinski definition) is 6. The molecule has 1 N–H and O–H groups in total. The molecule has 7 nitrogen and oxygen atoms in total. The molecule has 1 saturated heterocycles. The van der Waals surface area contributed by atoms with E-state index in [4.69, 9.17) is 14.6 Å². The fraction of sp³-hybridized carbons (Fsp3) is 0.583. The molecule has 0 amide bonds. The average Bonchev–Trinajstić information content (AvgIpc) is 2.38. The summed E-state index contributed by atoms with van der Waals surface area (Å²) < 4.78 is 10.8. The van der Waals surface area contributed by atoms with Crippen molar-refractivity contribution in [3.05, 3.63) is 18.1 Å². The van der Waals surface area contributed by atoms with Gasteiger partial charge in [0.05, 0.1) is 31.2 Å². The van der Waals surface area contributed by atoms with Gasteiger partial charge in [0, 0.05) is 20.2 Å². The molecule has 0 spiro atoms. The van der Waals surface area contributed by atoms with Crippen molar-refractivity contribution in [1.29, 1.82) is 0 Å². The second-order valence-electron chi connectivity index (χ2n) is 4.49. The Morgan fingerprint density at radius 2 is 2.32 bits per heavy atom. The second kappa shape index (κ2) is 5.94. The highest BCUT2D eigenvalue weighted by molar-refractivity contribution is 5.84. The maximum Gasteiger partial charge on any atom is 0.356 e. The Hall–Kier alpha value is -1.73. The van der Waals surface area contributed by atoms with Crippen molar-refractivity contribution in [3.8, 4) is 0 Å². The quantitative estimate of drug-likeness (QED) is 0.845. The summed E-state index contributed by atoms with van der Waals surface area (Å²) >= 11 is 0. The fourth-order valence-corrected chi connectivity index (χ4v) is 2.11. The lowest BCUT2D eigenvalue weighted by molar-refractivity contribution is -0.0512. The van der Waals surface area contributed by atoms with E-state index in [-0.39, 0.29) is 17.9 Å². The molecule has 2 atom stereocenters. The van der Waals surface area contributed by atoms with E-state index in [1.165, 1.54) is 12.4 Å². The van der Waals surface area contributed by atoms with Gasteiger partial charge in [-0.3, -0.25) is 0 Å². The van der Waals surface area contributed by atoms with Crippen LogP contribution in [0.25, 0.3) is 0 Å². The Bertz CT molecular complexity index is 437. The number of anilines is 1. The number of carboxylic acids is 1. The lowest BCUT2D eigenvalue weighted by Crippen LogP contribution is -2.48. The van der Waals surface area contributed by atoms with Crippen LogP contribution >= 0.6 is 0 Å². The number of hydrogen-bond donors (Lipinski definition) is 1. The molecule has 2 rings (SSSR count). The van der Waals surface area contributed by atoms with E-state index in [1.807, 2.05) is 11.8 Å². The van der Waals surface area contributed by atoms with Crippen molar-refractivity contribution in [1.82, 2.24) is 9.97 Å². The van der Waals surface area contributed by atoms with E-state index in [2.05, 4.69) is 9.97 Å². The average molecular weight is 267 g/mol. The summed E-state index contributed by atoms with van der Waals surface area (Å²) in [4.78, 5) is 20.8. The number of nitrogens with zero attached hydrogens (tertiary/aromatic N) is 3. The number of aromatic nitrogens is 2. The van der Waals surface area contributed by atoms with Crippen LogP contribution in [0.2, 0.25) is 0 Å². The normalized spacial score (nSPS) is 23.4. The zero-order chi connectivity index (χ0) is 13.8.